The molecule has 0 saturated heterocycles. The van der Waals surface area contributed by atoms with Crippen LogP contribution in [0, 0.1) is 0 Å². The molecule has 0 spiro atoms. The number of hydrogen-bond donors (Lipinski definition) is 0. The van der Waals surface area contributed by atoms with Crippen LogP contribution in [-0.4, -0.2) is 6.10 Å². The van der Waals surface area contributed by atoms with Crippen molar-refractivity contribution in [3.05, 3.63) is 0 Å². The van der Waals surface area contributed by atoms with Gasteiger partial charge in [-0.2, -0.15) is 0 Å². The van der Waals surface area contributed by atoms with Gasteiger partial charge < -0.3 is 0 Å². The van der Waals surface area contributed by atoms with E-state index in [0.717, 1.165) is 12.8 Å². The van der Waals surface area contributed by atoms with Crippen molar-refractivity contribution in [2.24, 2.45) is 0 Å². The van der Waals surface area contributed by atoms with Crippen molar-refractivity contribution in [3.8, 4) is 0 Å². The van der Waals surface area contributed by atoms with Crippen LogP contribution in [0.5, 0.6) is 0 Å². The van der Waals surface area contributed by atoms with E-state index in [1.807, 2.05) is 6.92 Å². The van der Waals surface area contributed by atoms with E-state index in [4.69, 9.17) is 0 Å². The standard InChI is InChI=1S/C5H11O.2O.V/c1-3-4-5(2)6;;;/h5H,3-4H2,1-2H3;;;/q-1;;;+1. The molecule has 0 fully saturated rings. The first kappa shape index (κ1) is 9.14. The van der Waals surface area contributed by atoms with Gasteiger partial charge in [-0.15, -0.1) is 0 Å². The molecule has 3 nitrogen and oxygen atoms in total. The van der Waals surface area contributed by atoms with Crippen LogP contribution in [0.25, 0.3) is 0 Å². The molecule has 0 aromatic heterocycles. The summed E-state index contributed by atoms with van der Waals surface area (Å²) >= 11 is -3.32. The molecule has 54 valence electrons. The Morgan fingerprint density at radius 3 is 2.44 bits per heavy atom. The SMILES string of the molecule is CCCC(C)[O][V](=[O])=[O]. The summed E-state index contributed by atoms with van der Waals surface area (Å²) in [5, 5.41) is 0. The fourth-order valence-electron chi connectivity index (χ4n) is 0.606. The zero-order valence-electron chi connectivity index (χ0n) is 5.66. The predicted octanol–water partition coefficient (Wildman–Crippen LogP) is 1.42. The first-order valence-electron chi connectivity index (χ1n) is 2.98. The Morgan fingerprint density at radius 2 is 2.11 bits per heavy atom. The Hall–Kier alpha value is 0.144. The molecule has 1 unspecified atom stereocenters. The summed E-state index contributed by atoms with van der Waals surface area (Å²) in [6, 6.07) is 0. The van der Waals surface area contributed by atoms with Gasteiger partial charge in [-0.3, -0.25) is 0 Å². The Morgan fingerprint density at radius 1 is 1.56 bits per heavy atom. The molecule has 4 heteroatoms. The maximum absolute atomic E-state index is 9.98. The van der Waals surface area contributed by atoms with Gasteiger partial charge in [-0.1, -0.05) is 0 Å². The van der Waals surface area contributed by atoms with Crippen molar-refractivity contribution in [1.29, 1.82) is 0 Å². The minimum absolute atomic E-state index is 0.120. The summed E-state index contributed by atoms with van der Waals surface area (Å²) in [6.45, 7) is 3.76. The van der Waals surface area contributed by atoms with Gasteiger partial charge in [0.1, 0.15) is 0 Å². The van der Waals surface area contributed by atoms with Gasteiger partial charge in [-0.05, 0) is 0 Å². The Balaban J connectivity index is 3.37. The van der Waals surface area contributed by atoms with Crippen LogP contribution < -0.4 is 0 Å². The van der Waals surface area contributed by atoms with E-state index < -0.39 is 15.4 Å². The molecule has 0 amide bonds. The van der Waals surface area contributed by atoms with Gasteiger partial charge in [-0.25, -0.2) is 0 Å². The number of rotatable bonds is 4. The summed E-state index contributed by atoms with van der Waals surface area (Å²) < 4.78 is 24.5. The summed E-state index contributed by atoms with van der Waals surface area (Å²) in [6.07, 6.45) is 1.66. The normalized spacial score (nSPS) is 13.1. The predicted molar refractivity (Wildman–Crippen MR) is 26.8 cm³/mol. The molecule has 9 heavy (non-hydrogen) atoms. The molecule has 0 N–H and O–H groups in total. The summed E-state index contributed by atoms with van der Waals surface area (Å²) in [4.78, 5) is 0. The van der Waals surface area contributed by atoms with Gasteiger partial charge in [0.15, 0.2) is 0 Å². The fraction of sp³-hybridized carbons (Fsp3) is 1.00. The molecular formula is C5H11O3V. The van der Waals surface area contributed by atoms with E-state index >= 15 is 0 Å². The summed E-state index contributed by atoms with van der Waals surface area (Å²) in [5.74, 6) is 0. The third-order valence-electron chi connectivity index (χ3n) is 0.961. The molecule has 0 saturated carbocycles. The minimum atomic E-state index is -3.32. The van der Waals surface area contributed by atoms with Crippen molar-refractivity contribution < 1.29 is 26.4 Å². The van der Waals surface area contributed by atoms with Gasteiger partial charge in [0.25, 0.3) is 0 Å². The molecule has 0 aliphatic carbocycles. The Bertz CT molecular complexity index is 122. The van der Waals surface area contributed by atoms with Crippen LogP contribution in [0.4, 0.5) is 0 Å². The van der Waals surface area contributed by atoms with E-state index in [2.05, 4.69) is 3.66 Å². The van der Waals surface area contributed by atoms with Crippen molar-refractivity contribution in [2.75, 3.05) is 0 Å². The second-order valence-corrected chi connectivity index (χ2v) is 2.96. The Kier molecular flexibility index (Phi) is 5.05. The van der Waals surface area contributed by atoms with Crippen LogP contribution in [-0.2, 0) is 26.4 Å². The van der Waals surface area contributed by atoms with Gasteiger partial charge >= 0.3 is 59.2 Å². The van der Waals surface area contributed by atoms with Crippen LogP contribution in [0.15, 0.2) is 0 Å². The van der Waals surface area contributed by atoms with Crippen LogP contribution >= 0.6 is 0 Å². The second kappa shape index (κ2) is 4.97. The van der Waals surface area contributed by atoms with E-state index in [0.29, 0.717) is 0 Å². The maximum atomic E-state index is 9.98. The van der Waals surface area contributed by atoms with Crippen LogP contribution in [0.1, 0.15) is 26.7 Å². The monoisotopic (exact) mass is 170 g/mol. The first-order chi connectivity index (χ1) is 4.16. The first-order valence-corrected chi connectivity index (χ1v) is 4.69. The van der Waals surface area contributed by atoms with Gasteiger partial charge in [0, 0.05) is 0 Å². The Labute approximate surface area is 59.8 Å². The van der Waals surface area contributed by atoms with Crippen molar-refractivity contribution >= 4 is 0 Å². The molecule has 0 bridgehead atoms. The molecule has 1 atom stereocenters. The molecule has 0 heterocycles. The molecule has 0 aromatic carbocycles. The molecule has 0 rings (SSSR count). The molecule has 0 aliphatic heterocycles. The van der Waals surface area contributed by atoms with Crippen molar-refractivity contribution in [1.82, 2.24) is 0 Å². The van der Waals surface area contributed by atoms with E-state index in [9.17, 15) is 7.35 Å². The quantitative estimate of drug-likeness (QED) is 0.640. The van der Waals surface area contributed by atoms with Crippen LogP contribution in [0.2, 0.25) is 0 Å². The average molecular weight is 170 g/mol. The van der Waals surface area contributed by atoms with Gasteiger partial charge in [0.05, 0.1) is 0 Å². The summed E-state index contributed by atoms with van der Waals surface area (Å²) in [5.41, 5.74) is 0. The van der Waals surface area contributed by atoms with Crippen molar-refractivity contribution in [2.45, 2.75) is 32.8 Å². The number of hydrogen-bond acceptors (Lipinski definition) is 3. The average Bonchev–Trinajstić information content (AvgIpc) is 1.63. The van der Waals surface area contributed by atoms with E-state index in [1.165, 1.54) is 0 Å². The summed E-state index contributed by atoms with van der Waals surface area (Å²) in [7, 11) is 0. The molecular weight excluding hydrogens is 159 g/mol. The molecule has 0 radical (unpaired) electrons. The third kappa shape index (κ3) is 6.02. The van der Waals surface area contributed by atoms with Crippen molar-refractivity contribution in [3.63, 3.8) is 0 Å². The molecule has 0 aliphatic rings. The van der Waals surface area contributed by atoms with Crippen LogP contribution in [0.3, 0.4) is 0 Å². The van der Waals surface area contributed by atoms with E-state index in [-0.39, 0.29) is 6.10 Å². The zero-order chi connectivity index (χ0) is 7.28. The van der Waals surface area contributed by atoms with Gasteiger partial charge in [0.2, 0.25) is 0 Å². The third-order valence-corrected chi connectivity index (χ3v) is 1.79. The topological polar surface area (TPSA) is 43.4 Å². The van der Waals surface area contributed by atoms with E-state index in [1.54, 1.807) is 6.92 Å². The molecule has 0 aromatic rings. The second-order valence-electron chi connectivity index (χ2n) is 1.93. The zero-order valence-corrected chi connectivity index (χ0v) is 7.06. The fourth-order valence-corrected chi connectivity index (χ4v) is 1.23.